The molecule has 3 heterocycles. The summed E-state index contributed by atoms with van der Waals surface area (Å²) in [4.78, 5) is 31.5. The van der Waals surface area contributed by atoms with E-state index in [1.165, 1.54) is 55.5 Å². The highest BCUT2D eigenvalue weighted by atomic mass is 19.4. The Morgan fingerprint density at radius 2 is 1.74 bits per heavy atom. The zero-order valence-electron chi connectivity index (χ0n) is 23.7. The van der Waals surface area contributed by atoms with E-state index in [1.807, 2.05) is 4.90 Å². The van der Waals surface area contributed by atoms with Gasteiger partial charge in [-0.25, -0.2) is 4.98 Å². The fourth-order valence-corrected chi connectivity index (χ4v) is 7.82. The topological polar surface area (TPSA) is 104 Å². The molecule has 2 aromatic heterocycles. The first-order valence-electron chi connectivity index (χ1n) is 14.5. The van der Waals surface area contributed by atoms with Gasteiger partial charge in [-0.15, -0.1) is 0 Å². The average Bonchev–Trinajstić information content (AvgIpc) is 3.36. The first kappa shape index (κ1) is 28.3. The van der Waals surface area contributed by atoms with E-state index >= 15 is 0 Å². The number of amides is 2. The van der Waals surface area contributed by atoms with Crippen LogP contribution in [0.3, 0.4) is 0 Å². The number of nitrogens with zero attached hydrogens (tertiary/aromatic N) is 5. The molecule has 4 bridgehead atoms. The first-order valence-corrected chi connectivity index (χ1v) is 14.5. The van der Waals surface area contributed by atoms with Gasteiger partial charge in [-0.1, -0.05) is 11.8 Å². The lowest BCUT2D eigenvalue weighted by atomic mass is 9.49. The third-order valence-corrected chi connectivity index (χ3v) is 9.61. The Hall–Kier alpha value is -3.86. The number of rotatable bonds is 5. The lowest BCUT2D eigenvalue weighted by molar-refractivity contribution is -0.144. The minimum absolute atomic E-state index is 0.0803. The first-order chi connectivity index (χ1) is 19.8. The van der Waals surface area contributed by atoms with Crippen LogP contribution in [0.2, 0.25) is 0 Å². The van der Waals surface area contributed by atoms with Crippen molar-refractivity contribution in [1.82, 2.24) is 19.7 Å². The molecular formula is C31H33F3N6O2. The summed E-state index contributed by atoms with van der Waals surface area (Å²) in [5, 5.41) is 15.6. The number of pyridine rings is 1. The average molecular weight is 579 g/mol. The van der Waals surface area contributed by atoms with Crippen molar-refractivity contribution in [3.63, 3.8) is 0 Å². The van der Waals surface area contributed by atoms with Gasteiger partial charge in [0.2, 0.25) is 5.91 Å². The van der Waals surface area contributed by atoms with Gasteiger partial charge >= 0.3 is 6.18 Å². The van der Waals surface area contributed by atoms with Crippen molar-refractivity contribution in [1.29, 1.82) is 5.26 Å². The number of nitriles is 1. The Bertz CT molecular complexity index is 1480. The van der Waals surface area contributed by atoms with Crippen LogP contribution < -0.4 is 5.32 Å². The third kappa shape index (κ3) is 5.37. The summed E-state index contributed by atoms with van der Waals surface area (Å²) in [6.07, 6.45) is 7.80. The molecule has 0 spiro atoms. The highest BCUT2D eigenvalue weighted by molar-refractivity contribution is 5.96. The van der Waals surface area contributed by atoms with E-state index in [1.54, 1.807) is 20.0 Å². The highest BCUT2D eigenvalue weighted by Crippen LogP contribution is 2.61. The van der Waals surface area contributed by atoms with Gasteiger partial charge in [0.05, 0.1) is 35.1 Å². The van der Waals surface area contributed by atoms with Crippen molar-refractivity contribution in [2.75, 3.05) is 18.4 Å². The smallest absolute Gasteiger partial charge is 0.340 e. The summed E-state index contributed by atoms with van der Waals surface area (Å²) in [5.41, 5.74) is -2.61. The Morgan fingerprint density at radius 3 is 2.33 bits per heavy atom. The Labute approximate surface area is 242 Å². The number of hydrogen-bond donors (Lipinski definition) is 1. The number of alkyl halides is 3. The van der Waals surface area contributed by atoms with Gasteiger partial charge < -0.3 is 10.2 Å². The van der Waals surface area contributed by atoms with E-state index in [0.717, 1.165) is 24.0 Å². The maximum Gasteiger partial charge on any atom is 0.419 e. The van der Waals surface area contributed by atoms with Crippen LogP contribution in [0.25, 0.3) is 0 Å². The van der Waals surface area contributed by atoms with Crippen LogP contribution in [0, 0.1) is 52.3 Å². The second kappa shape index (κ2) is 10.1. The number of halogens is 3. The minimum atomic E-state index is -4.79. The molecule has 2 amide bonds. The van der Waals surface area contributed by atoms with E-state index < -0.39 is 28.9 Å². The fourth-order valence-electron chi connectivity index (χ4n) is 7.82. The van der Waals surface area contributed by atoms with E-state index in [4.69, 9.17) is 5.26 Å². The molecule has 0 unspecified atom stereocenters. The molecule has 5 fully saturated rings. The van der Waals surface area contributed by atoms with Gasteiger partial charge in [0.1, 0.15) is 11.6 Å². The summed E-state index contributed by atoms with van der Waals surface area (Å²) in [5.74, 6) is 8.49. The molecule has 0 aromatic carbocycles. The largest absolute Gasteiger partial charge is 0.419 e. The molecule has 42 heavy (non-hydrogen) atoms. The predicted molar refractivity (Wildman–Crippen MR) is 146 cm³/mol. The normalized spacial score (nSPS) is 26.7. The van der Waals surface area contributed by atoms with E-state index in [-0.39, 0.29) is 22.9 Å². The molecule has 11 heteroatoms. The van der Waals surface area contributed by atoms with Crippen LogP contribution >= 0.6 is 0 Å². The van der Waals surface area contributed by atoms with Gasteiger partial charge in [-0.05, 0) is 81.6 Å². The van der Waals surface area contributed by atoms with Gasteiger partial charge in [0.15, 0.2) is 5.69 Å². The monoisotopic (exact) mass is 578 g/mol. The Morgan fingerprint density at radius 1 is 1.10 bits per heavy atom. The van der Waals surface area contributed by atoms with Crippen molar-refractivity contribution in [3.8, 4) is 17.9 Å². The summed E-state index contributed by atoms with van der Waals surface area (Å²) in [6.45, 7) is 4.40. The number of carbonyl (C=O) groups excluding carboxylic acids is 2. The van der Waals surface area contributed by atoms with E-state index in [9.17, 15) is 22.8 Å². The summed E-state index contributed by atoms with van der Waals surface area (Å²) in [6, 6.07) is 2.10. The second-order valence-corrected chi connectivity index (χ2v) is 13.3. The van der Waals surface area contributed by atoms with Crippen LogP contribution in [-0.4, -0.2) is 44.6 Å². The number of nitrogens with one attached hydrogen (secondary N) is 1. The molecule has 0 radical (unpaired) electrons. The number of aromatic nitrogens is 3. The highest BCUT2D eigenvalue weighted by Gasteiger charge is 2.52. The van der Waals surface area contributed by atoms with Crippen LogP contribution in [0.4, 0.5) is 18.9 Å². The third-order valence-electron chi connectivity index (χ3n) is 9.61. The lowest BCUT2D eigenvalue weighted by Crippen LogP contribution is -2.53. The molecular weight excluding hydrogens is 545 g/mol. The van der Waals surface area contributed by atoms with Gasteiger partial charge in [-0.2, -0.15) is 23.5 Å². The number of hydrogen-bond acceptors (Lipinski definition) is 5. The molecule has 220 valence electrons. The maximum atomic E-state index is 13.3. The molecule has 2 aromatic rings. The van der Waals surface area contributed by atoms with Crippen LogP contribution in [0.5, 0.6) is 0 Å². The molecule has 0 atom stereocenters. The SMILES string of the molecule is CC(C)(C(=O)Nc1cnc(C#N)c(C(F)(F)F)c1)n1cc(C#CC2CN(C(=O)CC34CC5CC(CC(C5)C3)C4)C2)cn1. The van der Waals surface area contributed by atoms with Gasteiger partial charge in [-0.3, -0.25) is 14.3 Å². The number of carbonyl (C=O) groups is 2. The van der Waals surface area contributed by atoms with E-state index in [0.29, 0.717) is 31.1 Å². The zero-order valence-corrected chi connectivity index (χ0v) is 23.7. The molecule has 4 saturated carbocycles. The number of likely N-dealkylation sites (tertiary alicyclic amines) is 1. The minimum Gasteiger partial charge on any atom is -0.340 e. The van der Waals surface area contributed by atoms with Gasteiger partial charge in [0.25, 0.3) is 5.91 Å². The second-order valence-electron chi connectivity index (χ2n) is 13.3. The van der Waals surface area contributed by atoms with Crippen molar-refractivity contribution in [2.45, 2.75) is 70.5 Å². The van der Waals surface area contributed by atoms with Crippen LogP contribution in [0.15, 0.2) is 24.7 Å². The van der Waals surface area contributed by atoms with Crippen LogP contribution in [0.1, 0.15) is 75.6 Å². The fraction of sp³-hybridized carbons (Fsp3) is 0.581. The van der Waals surface area contributed by atoms with E-state index in [2.05, 4.69) is 27.2 Å². The predicted octanol–water partition coefficient (Wildman–Crippen LogP) is 4.96. The quantitative estimate of drug-likeness (QED) is 0.506. The molecule has 1 aliphatic heterocycles. The lowest BCUT2D eigenvalue weighted by Gasteiger charge is -2.57. The molecule has 4 aliphatic carbocycles. The molecule has 5 aliphatic rings. The zero-order chi connectivity index (χ0) is 29.9. The van der Waals surface area contributed by atoms with Crippen molar-refractivity contribution in [3.05, 3.63) is 41.5 Å². The number of anilines is 1. The van der Waals surface area contributed by atoms with Crippen molar-refractivity contribution in [2.24, 2.45) is 29.1 Å². The molecule has 1 saturated heterocycles. The standard InChI is InChI=1S/C31H33F3N6O2/c1-29(2,28(42)38-24-8-25(31(32,33)34)26(13-35)36-15-24)40-18-19(14-37-40)3-4-20-16-39(17-20)27(41)12-30-9-21-5-22(10-30)7-23(6-21)11-30/h8,14-15,18,20-23H,5-7,9-12,16-17H2,1-2H3,(H,38,42). The van der Waals surface area contributed by atoms with Crippen molar-refractivity contribution >= 4 is 17.5 Å². The summed E-state index contributed by atoms with van der Waals surface area (Å²) in [7, 11) is 0. The Balaban J connectivity index is 1.04. The summed E-state index contributed by atoms with van der Waals surface area (Å²) < 4.78 is 41.2. The molecule has 7 rings (SSSR count). The molecule has 8 nitrogen and oxygen atoms in total. The Kier molecular flexibility index (Phi) is 6.83. The van der Waals surface area contributed by atoms with Crippen LogP contribution in [-0.2, 0) is 21.3 Å². The molecule has 1 N–H and O–H groups in total. The van der Waals surface area contributed by atoms with Crippen molar-refractivity contribution < 1.29 is 22.8 Å². The van der Waals surface area contributed by atoms with Gasteiger partial charge in [0, 0.05) is 25.7 Å². The maximum absolute atomic E-state index is 13.3. The summed E-state index contributed by atoms with van der Waals surface area (Å²) >= 11 is 0.